The number of aromatic nitrogens is 1. The van der Waals surface area contributed by atoms with Gasteiger partial charge in [0.05, 0.1) is 5.56 Å². The summed E-state index contributed by atoms with van der Waals surface area (Å²) in [6, 6.07) is 12.8. The summed E-state index contributed by atoms with van der Waals surface area (Å²) in [6.45, 7) is 6.29. The van der Waals surface area contributed by atoms with E-state index in [2.05, 4.69) is 31.1 Å². The number of carbonyl (C=O) groups excluding carboxylic acids is 1. The van der Waals surface area contributed by atoms with Crippen LogP contribution < -0.4 is 5.32 Å². The molecule has 0 radical (unpaired) electrons. The molecule has 1 aromatic heterocycles. The third-order valence-electron chi connectivity index (χ3n) is 3.11. The molecular weight excluding hydrogens is 262 g/mol. The first-order valence-corrected chi connectivity index (χ1v) is 6.69. The maximum Gasteiger partial charge on any atom is 0.274 e. The van der Waals surface area contributed by atoms with Crippen molar-refractivity contribution >= 4 is 11.6 Å². The van der Waals surface area contributed by atoms with Gasteiger partial charge in [0.2, 0.25) is 0 Å². The Bertz CT molecular complexity index is 691. The molecule has 1 N–H and O–H groups in total. The number of benzene rings is 1. The van der Waals surface area contributed by atoms with Crippen LogP contribution in [-0.4, -0.2) is 10.9 Å². The molecular formula is C17H17N3O. The second-order valence-corrected chi connectivity index (χ2v) is 5.79. The first-order chi connectivity index (χ1) is 9.91. The number of carbonyl (C=O) groups is 1. The number of pyridine rings is 1. The van der Waals surface area contributed by atoms with Crippen molar-refractivity contribution in [3.05, 3.63) is 59.4 Å². The molecule has 21 heavy (non-hydrogen) atoms. The Balaban J connectivity index is 2.26. The van der Waals surface area contributed by atoms with E-state index >= 15 is 0 Å². The van der Waals surface area contributed by atoms with Crippen LogP contribution in [0.1, 0.15) is 42.4 Å². The Kier molecular flexibility index (Phi) is 4.04. The zero-order valence-corrected chi connectivity index (χ0v) is 12.3. The molecule has 0 bridgehead atoms. The molecule has 0 atom stereocenters. The number of para-hydroxylation sites is 1. The molecule has 0 unspecified atom stereocenters. The van der Waals surface area contributed by atoms with Crippen molar-refractivity contribution in [2.45, 2.75) is 26.2 Å². The third kappa shape index (κ3) is 3.46. The summed E-state index contributed by atoms with van der Waals surface area (Å²) in [4.78, 5) is 16.2. The number of nitrogens with one attached hydrogen (secondary N) is 1. The van der Waals surface area contributed by atoms with E-state index in [1.54, 1.807) is 12.1 Å². The molecule has 0 fully saturated rings. The van der Waals surface area contributed by atoms with E-state index in [9.17, 15) is 4.79 Å². The van der Waals surface area contributed by atoms with Crippen LogP contribution in [0.15, 0.2) is 42.6 Å². The quantitative estimate of drug-likeness (QED) is 0.914. The molecule has 106 valence electrons. The highest BCUT2D eigenvalue weighted by atomic mass is 16.1. The summed E-state index contributed by atoms with van der Waals surface area (Å²) in [7, 11) is 0. The van der Waals surface area contributed by atoms with Gasteiger partial charge >= 0.3 is 0 Å². The summed E-state index contributed by atoms with van der Waals surface area (Å²) in [6.07, 6.45) is 1.39. The number of hydrogen-bond acceptors (Lipinski definition) is 3. The van der Waals surface area contributed by atoms with Crippen molar-refractivity contribution < 1.29 is 4.79 Å². The van der Waals surface area contributed by atoms with Crippen LogP contribution in [0.5, 0.6) is 0 Å². The van der Waals surface area contributed by atoms with E-state index < -0.39 is 0 Å². The number of anilines is 1. The van der Waals surface area contributed by atoms with Gasteiger partial charge in [-0.1, -0.05) is 39.0 Å². The predicted octanol–water partition coefficient (Wildman–Crippen LogP) is 3.50. The molecule has 0 saturated heterocycles. The fourth-order valence-corrected chi connectivity index (χ4v) is 2.03. The van der Waals surface area contributed by atoms with Gasteiger partial charge in [0, 0.05) is 11.9 Å². The molecule has 1 amide bonds. The maximum atomic E-state index is 12.2. The van der Waals surface area contributed by atoms with Gasteiger partial charge in [0.15, 0.2) is 0 Å². The van der Waals surface area contributed by atoms with E-state index in [1.807, 2.05) is 30.3 Å². The first kappa shape index (κ1) is 14.7. The summed E-state index contributed by atoms with van der Waals surface area (Å²) >= 11 is 0. The van der Waals surface area contributed by atoms with E-state index in [4.69, 9.17) is 5.26 Å². The van der Waals surface area contributed by atoms with Gasteiger partial charge in [-0.3, -0.25) is 4.79 Å². The normalized spacial score (nSPS) is 10.8. The molecule has 1 heterocycles. The van der Waals surface area contributed by atoms with Crippen LogP contribution >= 0.6 is 0 Å². The molecule has 4 heteroatoms. The first-order valence-electron chi connectivity index (χ1n) is 6.69. The highest BCUT2D eigenvalue weighted by Crippen LogP contribution is 2.29. The maximum absolute atomic E-state index is 12.2. The largest absolute Gasteiger partial charge is 0.320 e. The van der Waals surface area contributed by atoms with E-state index in [1.165, 1.54) is 6.20 Å². The van der Waals surface area contributed by atoms with Crippen LogP contribution in [0.2, 0.25) is 0 Å². The van der Waals surface area contributed by atoms with E-state index in [0.29, 0.717) is 5.56 Å². The Hall–Kier alpha value is -2.67. The van der Waals surface area contributed by atoms with Crippen molar-refractivity contribution in [2.24, 2.45) is 0 Å². The Morgan fingerprint density at radius 2 is 1.90 bits per heavy atom. The van der Waals surface area contributed by atoms with Gasteiger partial charge in [0.25, 0.3) is 5.91 Å². The monoisotopic (exact) mass is 279 g/mol. The molecule has 4 nitrogen and oxygen atoms in total. The highest BCUT2D eigenvalue weighted by molar-refractivity contribution is 6.03. The van der Waals surface area contributed by atoms with Crippen LogP contribution in [0.4, 0.5) is 5.69 Å². The second-order valence-electron chi connectivity index (χ2n) is 5.79. The average molecular weight is 279 g/mol. The molecule has 2 aromatic rings. The smallest absolute Gasteiger partial charge is 0.274 e. The Morgan fingerprint density at radius 3 is 2.48 bits per heavy atom. The fraction of sp³-hybridized carbons (Fsp3) is 0.235. The van der Waals surface area contributed by atoms with E-state index in [0.717, 1.165) is 11.3 Å². The zero-order chi connectivity index (χ0) is 15.5. The van der Waals surface area contributed by atoms with Crippen molar-refractivity contribution in [1.82, 2.24) is 4.98 Å². The number of rotatable bonds is 2. The minimum atomic E-state index is -0.281. The summed E-state index contributed by atoms with van der Waals surface area (Å²) in [5.74, 6) is -0.281. The SMILES string of the molecule is CC(C)(C)c1ccccc1NC(=O)c1ccc(C#N)cn1. The lowest BCUT2D eigenvalue weighted by molar-refractivity contribution is 0.102. The van der Waals surface area contributed by atoms with E-state index in [-0.39, 0.29) is 17.0 Å². The summed E-state index contributed by atoms with van der Waals surface area (Å²) in [5.41, 5.74) is 2.50. The molecule has 0 aliphatic carbocycles. The molecule has 0 aliphatic heterocycles. The summed E-state index contributed by atoms with van der Waals surface area (Å²) < 4.78 is 0. The van der Waals surface area contributed by atoms with Gasteiger partial charge < -0.3 is 5.32 Å². The zero-order valence-electron chi connectivity index (χ0n) is 12.3. The van der Waals surface area contributed by atoms with Crippen LogP contribution in [0, 0.1) is 11.3 Å². The van der Waals surface area contributed by atoms with Gasteiger partial charge in [-0.25, -0.2) is 4.98 Å². The fourth-order valence-electron chi connectivity index (χ4n) is 2.03. The van der Waals surface area contributed by atoms with Crippen molar-refractivity contribution in [1.29, 1.82) is 5.26 Å². The lowest BCUT2D eigenvalue weighted by atomic mass is 9.86. The van der Waals surface area contributed by atoms with Crippen LogP contribution in [0.25, 0.3) is 0 Å². The minimum absolute atomic E-state index is 0.0675. The average Bonchev–Trinajstić information content (AvgIpc) is 2.47. The molecule has 1 aromatic carbocycles. The molecule has 2 rings (SSSR count). The number of hydrogen-bond donors (Lipinski definition) is 1. The van der Waals surface area contributed by atoms with Gasteiger partial charge in [-0.2, -0.15) is 5.26 Å². The minimum Gasteiger partial charge on any atom is -0.320 e. The molecule has 0 aliphatic rings. The van der Waals surface area contributed by atoms with Crippen molar-refractivity contribution in [3.8, 4) is 6.07 Å². The van der Waals surface area contributed by atoms with Crippen molar-refractivity contribution in [3.63, 3.8) is 0 Å². The van der Waals surface area contributed by atoms with Crippen molar-refractivity contribution in [2.75, 3.05) is 5.32 Å². The summed E-state index contributed by atoms with van der Waals surface area (Å²) in [5, 5.41) is 11.6. The second kappa shape index (κ2) is 5.76. The third-order valence-corrected chi connectivity index (χ3v) is 3.11. The molecule has 0 saturated carbocycles. The van der Waals surface area contributed by atoms with Gasteiger partial charge in [-0.15, -0.1) is 0 Å². The Morgan fingerprint density at radius 1 is 1.19 bits per heavy atom. The van der Waals surface area contributed by atoms with Crippen LogP contribution in [-0.2, 0) is 5.41 Å². The topological polar surface area (TPSA) is 65.8 Å². The van der Waals surface area contributed by atoms with Gasteiger partial charge in [0.1, 0.15) is 11.8 Å². The standard InChI is InChI=1S/C17H17N3O/c1-17(2,3)13-6-4-5-7-14(13)20-16(21)15-9-8-12(10-18)11-19-15/h4-9,11H,1-3H3,(H,20,21). The Labute approximate surface area is 124 Å². The van der Waals surface area contributed by atoms with Crippen LogP contribution in [0.3, 0.4) is 0 Å². The predicted molar refractivity (Wildman–Crippen MR) is 82.0 cm³/mol. The van der Waals surface area contributed by atoms with Gasteiger partial charge in [-0.05, 0) is 29.2 Å². The number of amides is 1. The number of nitrogens with zero attached hydrogens (tertiary/aromatic N) is 2. The lowest BCUT2D eigenvalue weighted by Gasteiger charge is -2.22. The molecule has 0 spiro atoms. The highest BCUT2D eigenvalue weighted by Gasteiger charge is 2.19. The lowest BCUT2D eigenvalue weighted by Crippen LogP contribution is -2.19. The number of nitriles is 1.